The fourth-order valence-electron chi connectivity index (χ4n) is 4.60. The van der Waals surface area contributed by atoms with E-state index in [1.165, 1.54) is 5.56 Å². The Balaban J connectivity index is 0.000000454. The number of aromatic nitrogens is 5. The quantitative estimate of drug-likeness (QED) is 0.610. The fourth-order valence-corrected chi connectivity index (χ4v) is 4.60. The molecule has 1 fully saturated rings. The average molecular weight is 514 g/mol. The average Bonchev–Trinajstić information content (AvgIpc) is 3.40. The molecule has 13 heteroatoms. The number of aliphatic carboxylic acids is 1. The molecule has 36 heavy (non-hydrogen) atoms. The van der Waals surface area contributed by atoms with Gasteiger partial charge in [0.2, 0.25) is 5.82 Å². The number of fused-ring (bicyclic) bond motifs is 1. The molecular formula is C23H34F3N7O3. The molecular weight excluding hydrogens is 479 g/mol. The molecule has 2 aromatic rings. The van der Waals surface area contributed by atoms with E-state index in [1.54, 1.807) is 0 Å². The maximum absolute atomic E-state index is 12.6. The third-order valence-corrected chi connectivity index (χ3v) is 6.73. The molecule has 1 saturated heterocycles. The number of hydrogen-bond donors (Lipinski definition) is 2. The van der Waals surface area contributed by atoms with Gasteiger partial charge < -0.3 is 15.0 Å². The minimum Gasteiger partial charge on any atom is -0.475 e. The van der Waals surface area contributed by atoms with Crippen LogP contribution in [0.15, 0.2) is 12.4 Å². The molecule has 0 radical (unpaired) electrons. The molecule has 200 valence electrons. The maximum Gasteiger partial charge on any atom is 0.490 e. The van der Waals surface area contributed by atoms with Crippen LogP contribution in [0.2, 0.25) is 0 Å². The molecule has 0 saturated carbocycles. The van der Waals surface area contributed by atoms with E-state index in [2.05, 4.69) is 50.1 Å². The molecule has 1 amide bonds. The fraction of sp³-hybridized carbons (Fsp3) is 0.696. The van der Waals surface area contributed by atoms with Crippen LogP contribution in [0.3, 0.4) is 0 Å². The first-order valence-corrected chi connectivity index (χ1v) is 12.1. The lowest BCUT2D eigenvalue weighted by Crippen LogP contribution is -2.44. The molecule has 0 bridgehead atoms. The highest BCUT2D eigenvalue weighted by Gasteiger charge is 2.40. The van der Waals surface area contributed by atoms with Crippen molar-refractivity contribution in [1.29, 1.82) is 0 Å². The number of alkyl halides is 3. The van der Waals surface area contributed by atoms with Crippen LogP contribution in [0.4, 0.5) is 13.2 Å². The number of hydrogen-bond acceptors (Lipinski definition) is 6. The monoisotopic (exact) mass is 513 g/mol. The third kappa shape index (κ3) is 7.28. The summed E-state index contributed by atoms with van der Waals surface area (Å²) in [5.41, 5.74) is 1.53. The summed E-state index contributed by atoms with van der Waals surface area (Å²) in [5.74, 6) is -0.825. The van der Waals surface area contributed by atoms with Gasteiger partial charge in [-0.1, -0.05) is 13.8 Å². The van der Waals surface area contributed by atoms with Crippen molar-refractivity contribution in [3.63, 3.8) is 0 Å². The Hall–Kier alpha value is -2.96. The van der Waals surface area contributed by atoms with Crippen molar-refractivity contribution >= 4 is 11.9 Å². The Morgan fingerprint density at radius 2 is 1.86 bits per heavy atom. The van der Waals surface area contributed by atoms with Gasteiger partial charge in [-0.25, -0.2) is 4.79 Å². The predicted octanol–water partition coefficient (Wildman–Crippen LogP) is 2.65. The van der Waals surface area contributed by atoms with Crippen molar-refractivity contribution in [2.45, 2.75) is 65.2 Å². The lowest BCUT2D eigenvalue weighted by atomic mass is 9.73. The number of rotatable bonds is 6. The number of piperidine rings is 1. The molecule has 0 atom stereocenters. The van der Waals surface area contributed by atoms with E-state index in [9.17, 15) is 18.0 Å². The predicted molar refractivity (Wildman–Crippen MR) is 124 cm³/mol. The molecule has 0 aliphatic carbocycles. The van der Waals surface area contributed by atoms with Gasteiger partial charge in [0.1, 0.15) is 5.82 Å². The Morgan fingerprint density at radius 1 is 1.19 bits per heavy atom. The van der Waals surface area contributed by atoms with Crippen LogP contribution in [0, 0.1) is 11.3 Å². The van der Waals surface area contributed by atoms with Crippen LogP contribution < -0.4 is 5.32 Å². The summed E-state index contributed by atoms with van der Waals surface area (Å²) in [5, 5.41) is 22.9. The highest BCUT2D eigenvalue weighted by molar-refractivity contribution is 5.90. The molecule has 0 unspecified atom stereocenters. The molecule has 4 heterocycles. The summed E-state index contributed by atoms with van der Waals surface area (Å²) in [6.45, 7) is 9.01. The summed E-state index contributed by atoms with van der Waals surface area (Å²) in [6, 6.07) is 0. The van der Waals surface area contributed by atoms with Crippen molar-refractivity contribution < 1.29 is 27.9 Å². The first-order chi connectivity index (χ1) is 16.9. The summed E-state index contributed by atoms with van der Waals surface area (Å²) >= 11 is 0. The zero-order valence-electron chi connectivity index (χ0n) is 20.9. The van der Waals surface area contributed by atoms with Crippen molar-refractivity contribution in [2.75, 3.05) is 19.6 Å². The van der Waals surface area contributed by atoms with Crippen LogP contribution in [-0.2, 0) is 31.4 Å². The highest BCUT2D eigenvalue weighted by Crippen LogP contribution is 2.41. The van der Waals surface area contributed by atoms with E-state index in [-0.39, 0.29) is 11.3 Å². The molecule has 0 aromatic carbocycles. The normalized spacial score (nSPS) is 17.4. The summed E-state index contributed by atoms with van der Waals surface area (Å²) in [7, 11) is 1.96. The van der Waals surface area contributed by atoms with Gasteiger partial charge in [-0.2, -0.15) is 18.3 Å². The zero-order valence-corrected chi connectivity index (χ0v) is 20.9. The van der Waals surface area contributed by atoms with Gasteiger partial charge >= 0.3 is 12.1 Å². The number of carboxylic acid groups (broad SMARTS) is 1. The SMILES string of the molecule is CC(C)CCNC(=O)c1nnc2n1CC1(CC2)CCN(Cc2cnn(C)c2)CC1.O=C(O)C(F)(F)F. The number of carbonyl (C=O) groups excluding carboxylic acids is 1. The van der Waals surface area contributed by atoms with Crippen LogP contribution in [0.25, 0.3) is 0 Å². The lowest BCUT2D eigenvalue weighted by Gasteiger charge is -2.44. The van der Waals surface area contributed by atoms with Crippen molar-refractivity contribution in [3.8, 4) is 0 Å². The van der Waals surface area contributed by atoms with Crippen LogP contribution in [0.5, 0.6) is 0 Å². The topological polar surface area (TPSA) is 118 Å². The standard InChI is InChI=1S/C21H33N7O.C2HF3O2/c1-16(2)5-9-22-20(29)19-25-24-18-4-6-21(15-28(18)19)7-10-27(11-8-21)14-17-12-23-26(3)13-17;3-2(4,5)1(6)7/h12-13,16H,4-11,14-15H2,1-3H3,(H,22,29);(H,6,7). The molecule has 1 spiro atoms. The van der Waals surface area contributed by atoms with E-state index in [4.69, 9.17) is 9.90 Å². The van der Waals surface area contributed by atoms with E-state index in [0.29, 0.717) is 18.3 Å². The number of nitrogens with one attached hydrogen (secondary N) is 1. The van der Waals surface area contributed by atoms with Crippen molar-refractivity contribution in [3.05, 3.63) is 29.6 Å². The van der Waals surface area contributed by atoms with Gasteiger partial charge in [-0.15, -0.1) is 10.2 Å². The first kappa shape index (κ1) is 27.6. The number of halogens is 3. The smallest absolute Gasteiger partial charge is 0.475 e. The molecule has 4 rings (SSSR count). The number of amides is 1. The van der Waals surface area contributed by atoms with Gasteiger partial charge in [0, 0.05) is 44.9 Å². The molecule has 10 nitrogen and oxygen atoms in total. The lowest BCUT2D eigenvalue weighted by molar-refractivity contribution is -0.192. The Labute approximate surface area is 207 Å². The van der Waals surface area contributed by atoms with Crippen molar-refractivity contribution in [1.82, 2.24) is 34.8 Å². The Kier molecular flexibility index (Phi) is 8.75. The van der Waals surface area contributed by atoms with Crippen LogP contribution >= 0.6 is 0 Å². The second kappa shape index (κ2) is 11.4. The molecule has 2 N–H and O–H groups in total. The first-order valence-electron chi connectivity index (χ1n) is 12.1. The van der Waals surface area contributed by atoms with Crippen LogP contribution in [-0.4, -0.2) is 72.2 Å². The number of carbonyl (C=O) groups is 2. The van der Waals surface area contributed by atoms with Crippen LogP contribution in [0.1, 0.15) is 61.5 Å². The number of nitrogens with zero attached hydrogens (tertiary/aromatic N) is 6. The van der Waals surface area contributed by atoms with E-state index < -0.39 is 12.1 Å². The largest absolute Gasteiger partial charge is 0.490 e. The Morgan fingerprint density at radius 3 is 2.42 bits per heavy atom. The highest BCUT2D eigenvalue weighted by atomic mass is 19.4. The van der Waals surface area contributed by atoms with Gasteiger partial charge in [0.15, 0.2) is 0 Å². The molecule has 2 aromatic heterocycles. The van der Waals surface area contributed by atoms with Gasteiger partial charge in [-0.05, 0) is 50.1 Å². The second-order valence-electron chi connectivity index (χ2n) is 10.1. The number of carboxylic acids is 1. The second-order valence-corrected chi connectivity index (χ2v) is 10.1. The summed E-state index contributed by atoms with van der Waals surface area (Å²) < 4.78 is 35.7. The Bertz CT molecular complexity index is 1040. The van der Waals surface area contributed by atoms with Gasteiger partial charge in [0.25, 0.3) is 5.91 Å². The summed E-state index contributed by atoms with van der Waals surface area (Å²) in [6.07, 6.45) is 4.30. The van der Waals surface area contributed by atoms with Crippen molar-refractivity contribution in [2.24, 2.45) is 18.4 Å². The van der Waals surface area contributed by atoms with E-state index in [1.807, 2.05) is 17.9 Å². The van der Waals surface area contributed by atoms with E-state index >= 15 is 0 Å². The number of aryl methyl sites for hydroxylation is 2. The summed E-state index contributed by atoms with van der Waals surface area (Å²) in [4.78, 5) is 24.1. The minimum atomic E-state index is -5.08. The van der Waals surface area contributed by atoms with Gasteiger partial charge in [-0.3, -0.25) is 14.4 Å². The van der Waals surface area contributed by atoms with Gasteiger partial charge in [0.05, 0.1) is 6.20 Å². The number of likely N-dealkylation sites (tertiary alicyclic amines) is 1. The maximum atomic E-state index is 12.6. The minimum absolute atomic E-state index is 0.0875. The zero-order chi connectivity index (χ0) is 26.5. The molecule has 2 aliphatic heterocycles. The molecule has 2 aliphatic rings. The third-order valence-electron chi connectivity index (χ3n) is 6.73. The van der Waals surface area contributed by atoms with E-state index in [0.717, 1.165) is 64.1 Å².